The van der Waals surface area contributed by atoms with Crippen LogP contribution in [-0.2, 0) is 0 Å². The summed E-state index contributed by atoms with van der Waals surface area (Å²) in [6, 6.07) is -0.123. The van der Waals surface area contributed by atoms with E-state index in [0.29, 0.717) is 0 Å². The number of nitroso groups, excluding NO2 is 2. The van der Waals surface area contributed by atoms with E-state index in [4.69, 9.17) is 0 Å². The zero-order valence-corrected chi connectivity index (χ0v) is 15.2. The Morgan fingerprint density at radius 3 is 2.43 bits per heavy atom. The molecule has 23 heavy (non-hydrogen) atoms. The maximum Gasteiger partial charge on any atom is 0.234 e. The molecule has 2 aliphatic rings. The molecule has 0 saturated heterocycles. The van der Waals surface area contributed by atoms with Crippen molar-refractivity contribution in [3.63, 3.8) is 0 Å². The number of rotatable bonds is 6. The minimum Gasteiger partial charge on any atom is -0.161 e. The lowest BCUT2D eigenvalue weighted by molar-refractivity contribution is -0.528. The second-order valence-electron chi connectivity index (χ2n) is 6.35. The quantitative estimate of drug-likeness (QED) is 0.529. The van der Waals surface area contributed by atoms with E-state index in [-0.39, 0.29) is 12.1 Å². The summed E-state index contributed by atoms with van der Waals surface area (Å²) < 4.78 is 2.21. The van der Waals surface area contributed by atoms with E-state index in [0.717, 1.165) is 56.4 Å². The fourth-order valence-electron chi connectivity index (χ4n) is 3.02. The standard InChI is InChI=1S/C18H26N2O2S/c1-13-9-15(3)19(21)17(11-13)5-7-23-8-6-18-12-14(2)10-16(4)20(18)22/h9-12,15,18H,5-8H2,1-4H3/q+2. The first-order valence-electron chi connectivity index (χ1n) is 8.14. The van der Waals surface area contributed by atoms with Crippen LogP contribution < -0.4 is 0 Å². The van der Waals surface area contributed by atoms with E-state index >= 15 is 0 Å². The van der Waals surface area contributed by atoms with Crippen LogP contribution in [0.3, 0.4) is 0 Å². The summed E-state index contributed by atoms with van der Waals surface area (Å²) in [7, 11) is 0. The molecule has 0 aromatic heterocycles. The zero-order chi connectivity index (χ0) is 17.0. The monoisotopic (exact) mass is 334 g/mol. The number of hydrogen-bond donors (Lipinski definition) is 0. The molecular weight excluding hydrogens is 308 g/mol. The van der Waals surface area contributed by atoms with E-state index in [2.05, 4.69) is 0 Å². The largest absolute Gasteiger partial charge is 0.234 e. The van der Waals surface area contributed by atoms with Crippen LogP contribution in [0.4, 0.5) is 0 Å². The van der Waals surface area contributed by atoms with Gasteiger partial charge in [-0.05, 0) is 37.1 Å². The van der Waals surface area contributed by atoms with E-state index in [9.17, 15) is 9.81 Å². The van der Waals surface area contributed by atoms with Crippen LogP contribution in [0.5, 0.6) is 0 Å². The molecule has 2 unspecified atom stereocenters. The third-order valence-electron chi connectivity index (χ3n) is 4.15. The van der Waals surface area contributed by atoms with Crippen molar-refractivity contribution < 1.29 is 9.52 Å². The van der Waals surface area contributed by atoms with Gasteiger partial charge in [0.25, 0.3) is 0 Å². The Labute approximate surface area is 142 Å². The van der Waals surface area contributed by atoms with Crippen molar-refractivity contribution >= 4 is 11.8 Å². The molecule has 0 N–H and O–H groups in total. The van der Waals surface area contributed by atoms with E-state index in [1.807, 2.05) is 63.8 Å². The molecule has 4 nitrogen and oxygen atoms in total. The molecule has 0 aromatic rings. The zero-order valence-electron chi connectivity index (χ0n) is 14.4. The van der Waals surface area contributed by atoms with Gasteiger partial charge in [-0.3, -0.25) is 0 Å². The van der Waals surface area contributed by atoms with Crippen LogP contribution in [-0.4, -0.2) is 33.1 Å². The third kappa shape index (κ3) is 4.74. The Morgan fingerprint density at radius 1 is 1.00 bits per heavy atom. The highest BCUT2D eigenvalue weighted by molar-refractivity contribution is 7.99. The summed E-state index contributed by atoms with van der Waals surface area (Å²) in [4.78, 5) is 24.1. The average molecular weight is 334 g/mol. The number of allylic oxidation sites excluding steroid dienone is 6. The summed E-state index contributed by atoms with van der Waals surface area (Å²) in [5.74, 6) is 1.84. The first-order valence-corrected chi connectivity index (χ1v) is 9.30. The summed E-state index contributed by atoms with van der Waals surface area (Å²) in [5, 5.41) is 0. The summed E-state index contributed by atoms with van der Waals surface area (Å²) in [6.07, 6.45) is 9.55. The molecule has 2 heterocycles. The minimum absolute atomic E-state index is 0.0531. The lowest BCUT2D eigenvalue weighted by Gasteiger charge is -2.11. The van der Waals surface area contributed by atoms with Crippen LogP contribution in [0.1, 0.15) is 40.5 Å². The van der Waals surface area contributed by atoms with Gasteiger partial charge in [-0.2, -0.15) is 11.8 Å². The van der Waals surface area contributed by atoms with Crippen molar-refractivity contribution in [3.8, 4) is 0 Å². The predicted molar refractivity (Wildman–Crippen MR) is 96.4 cm³/mol. The van der Waals surface area contributed by atoms with Gasteiger partial charge >= 0.3 is 0 Å². The second kappa shape index (κ2) is 7.86. The Kier molecular flexibility index (Phi) is 6.10. The van der Waals surface area contributed by atoms with Crippen molar-refractivity contribution in [1.29, 1.82) is 0 Å². The van der Waals surface area contributed by atoms with Crippen molar-refractivity contribution in [1.82, 2.24) is 0 Å². The van der Waals surface area contributed by atoms with Gasteiger partial charge in [-0.1, -0.05) is 0 Å². The molecule has 2 aliphatic heterocycles. The molecule has 0 amide bonds. The molecule has 0 fully saturated rings. The highest BCUT2D eigenvalue weighted by atomic mass is 32.2. The van der Waals surface area contributed by atoms with Gasteiger partial charge < -0.3 is 0 Å². The molecule has 0 bridgehead atoms. The first kappa shape index (κ1) is 17.9. The van der Waals surface area contributed by atoms with Crippen LogP contribution in [0.25, 0.3) is 0 Å². The second-order valence-corrected chi connectivity index (χ2v) is 7.58. The summed E-state index contributed by atoms with van der Waals surface area (Å²) >= 11 is 1.81. The topological polar surface area (TPSA) is 40.2 Å². The van der Waals surface area contributed by atoms with Crippen LogP contribution in [0.15, 0.2) is 46.8 Å². The third-order valence-corrected chi connectivity index (χ3v) is 5.17. The van der Waals surface area contributed by atoms with Crippen LogP contribution in [0, 0.1) is 9.81 Å². The van der Waals surface area contributed by atoms with Crippen molar-refractivity contribution in [2.24, 2.45) is 0 Å². The molecule has 2 rings (SSSR count). The van der Waals surface area contributed by atoms with Crippen LogP contribution >= 0.6 is 11.8 Å². The SMILES string of the molecule is CC1=CC(C)[N+](=O)C(CCSCCC2C=C(C)C=C(C)[N+]2=O)=C1. The van der Waals surface area contributed by atoms with E-state index < -0.39 is 0 Å². The highest BCUT2D eigenvalue weighted by Gasteiger charge is 2.29. The number of hydrogen-bond acceptors (Lipinski definition) is 3. The normalized spacial score (nSPS) is 24.9. The van der Waals surface area contributed by atoms with Crippen molar-refractivity contribution in [2.75, 3.05) is 11.5 Å². The van der Waals surface area contributed by atoms with Crippen molar-refractivity contribution in [3.05, 3.63) is 56.7 Å². The van der Waals surface area contributed by atoms with Gasteiger partial charge in [-0.25, -0.2) is 0 Å². The molecule has 124 valence electrons. The van der Waals surface area contributed by atoms with Gasteiger partial charge in [0.05, 0.1) is 0 Å². The number of thioether (sulfide) groups is 1. The maximum atomic E-state index is 12.0. The van der Waals surface area contributed by atoms with Gasteiger partial charge in [-0.15, -0.1) is 0 Å². The van der Waals surface area contributed by atoms with E-state index in [1.54, 1.807) is 0 Å². The first-order chi connectivity index (χ1) is 10.9. The van der Waals surface area contributed by atoms with Gasteiger partial charge in [0.2, 0.25) is 23.5 Å². The Bertz CT molecular complexity index is 629. The van der Waals surface area contributed by atoms with Gasteiger partial charge in [0, 0.05) is 69.7 Å². The molecule has 0 spiro atoms. The molecular formula is C18H26N2O2S+2. The predicted octanol–water partition coefficient (Wildman–Crippen LogP) is 4.52. The van der Waals surface area contributed by atoms with Gasteiger partial charge in [0.1, 0.15) is 0 Å². The molecule has 0 aliphatic carbocycles. The average Bonchev–Trinajstić information content (AvgIpc) is 2.48. The highest BCUT2D eigenvalue weighted by Crippen LogP contribution is 2.22. The van der Waals surface area contributed by atoms with Gasteiger partial charge in [0.15, 0.2) is 0 Å². The molecule has 0 radical (unpaired) electrons. The molecule has 0 saturated carbocycles. The van der Waals surface area contributed by atoms with Crippen molar-refractivity contribution in [2.45, 2.75) is 52.6 Å². The fourth-order valence-corrected chi connectivity index (χ4v) is 3.99. The molecule has 0 aromatic carbocycles. The summed E-state index contributed by atoms with van der Waals surface area (Å²) in [5.41, 5.74) is 3.97. The maximum absolute atomic E-state index is 12.0. The molecule has 2 atom stereocenters. The van der Waals surface area contributed by atoms with E-state index in [1.165, 1.54) is 0 Å². The lowest BCUT2D eigenvalue weighted by atomic mass is 10.1. The number of nitrogens with zero attached hydrogens (tertiary/aromatic N) is 2. The molecule has 5 heteroatoms. The summed E-state index contributed by atoms with van der Waals surface area (Å²) in [6.45, 7) is 7.85. The van der Waals surface area contributed by atoms with Crippen LogP contribution in [0.2, 0.25) is 0 Å². The Hall–Kier alpha value is -1.49. The Morgan fingerprint density at radius 2 is 1.70 bits per heavy atom. The Balaban J connectivity index is 1.75. The lowest BCUT2D eigenvalue weighted by Crippen LogP contribution is -2.24. The minimum atomic E-state index is -0.0702. The fraction of sp³-hybridized carbons (Fsp3) is 0.556. The smallest absolute Gasteiger partial charge is 0.161 e.